The van der Waals surface area contributed by atoms with Crippen LogP contribution in [-0.4, -0.2) is 73.3 Å². The summed E-state index contributed by atoms with van der Waals surface area (Å²) in [5.41, 5.74) is 2.97. The number of carboxylic acid groups (broad SMARTS) is 1. The topological polar surface area (TPSA) is 98.9 Å². The molecule has 2 amide bonds. The summed E-state index contributed by atoms with van der Waals surface area (Å²) in [4.78, 5) is 33.4. The van der Waals surface area contributed by atoms with Crippen molar-refractivity contribution in [2.24, 2.45) is 0 Å². The van der Waals surface area contributed by atoms with Crippen LogP contribution in [0.5, 0.6) is 0 Å². The zero-order valence-electron chi connectivity index (χ0n) is 19.5. The molecule has 1 aromatic heterocycles. The maximum Gasteiger partial charge on any atom is 0.407 e. The standard InChI is InChI=1S/C27H30N4O4/c32-23-13-7-12-22(23)31-18-28-24(25(31)20-10-5-2-6-11-20)26(33)30-15-14-29(27(34)35)17-21(30)16-19-8-3-1-4-9-19/h1-6,8-11,18,21-23,32H,7,12-17H2,(H,34,35)/t21-,22-,23-/m1/s1. The van der Waals surface area contributed by atoms with E-state index in [4.69, 9.17) is 0 Å². The summed E-state index contributed by atoms with van der Waals surface area (Å²) >= 11 is 0. The minimum atomic E-state index is -0.973. The Labute approximate surface area is 204 Å². The van der Waals surface area contributed by atoms with Gasteiger partial charge in [-0.2, -0.15) is 0 Å². The van der Waals surface area contributed by atoms with Crippen LogP contribution in [0.25, 0.3) is 11.3 Å². The summed E-state index contributed by atoms with van der Waals surface area (Å²) in [5, 5.41) is 20.2. The van der Waals surface area contributed by atoms with Crippen molar-refractivity contribution in [1.82, 2.24) is 19.4 Å². The molecule has 2 heterocycles. The molecule has 2 N–H and O–H groups in total. The van der Waals surface area contributed by atoms with Crippen molar-refractivity contribution in [2.75, 3.05) is 19.6 Å². The molecule has 2 aliphatic rings. The fourth-order valence-corrected chi connectivity index (χ4v) is 5.39. The van der Waals surface area contributed by atoms with Crippen molar-refractivity contribution in [3.05, 3.63) is 78.2 Å². The van der Waals surface area contributed by atoms with Crippen LogP contribution in [-0.2, 0) is 6.42 Å². The molecule has 0 bridgehead atoms. The predicted octanol–water partition coefficient (Wildman–Crippen LogP) is 3.68. The van der Waals surface area contributed by atoms with Gasteiger partial charge >= 0.3 is 6.09 Å². The highest BCUT2D eigenvalue weighted by atomic mass is 16.4. The molecular formula is C27H30N4O4. The third kappa shape index (κ3) is 4.66. The van der Waals surface area contributed by atoms with Crippen molar-refractivity contribution < 1.29 is 19.8 Å². The first-order valence-corrected chi connectivity index (χ1v) is 12.2. The molecule has 0 radical (unpaired) electrons. The minimum absolute atomic E-state index is 0.122. The summed E-state index contributed by atoms with van der Waals surface area (Å²) in [6, 6.07) is 19.1. The van der Waals surface area contributed by atoms with Gasteiger partial charge in [0, 0.05) is 25.2 Å². The number of rotatable bonds is 5. The molecule has 5 rings (SSSR count). The fourth-order valence-electron chi connectivity index (χ4n) is 5.39. The van der Waals surface area contributed by atoms with Crippen LogP contribution in [0.3, 0.4) is 0 Å². The second kappa shape index (κ2) is 9.92. The summed E-state index contributed by atoms with van der Waals surface area (Å²) in [5.74, 6) is -0.207. The second-order valence-corrected chi connectivity index (χ2v) is 9.35. The quantitative estimate of drug-likeness (QED) is 0.588. The number of nitrogens with zero attached hydrogens (tertiary/aromatic N) is 4. The average molecular weight is 475 g/mol. The first kappa shape index (κ1) is 23.1. The van der Waals surface area contributed by atoms with Gasteiger partial charge in [-0.3, -0.25) is 4.79 Å². The zero-order valence-corrected chi connectivity index (χ0v) is 19.5. The number of hydrogen-bond acceptors (Lipinski definition) is 4. The van der Waals surface area contributed by atoms with Crippen LogP contribution in [0.2, 0.25) is 0 Å². The summed E-state index contributed by atoms with van der Waals surface area (Å²) in [7, 11) is 0. The van der Waals surface area contributed by atoms with Gasteiger partial charge in [-0.25, -0.2) is 9.78 Å². The van der Waals surface area contributed by atoms with Crippen LogP contribution < -0.4 is 0 Å². The Morgan fingerprint density at radius 3 is 2.34 bits per heavy atom. The number of benzene rings is 2. The Bertz CT molecular complexity index is 1180. The highest BCUT2D eigenvalue weighted by Gasteiger charge is 2.37. The zero-order chi connectivity index (χ0) is 24.4. The lowest BCUT2D eigenvalue weighted by atomic mass is 10.0. The van der Waals surface area contributed by atoms with Crippen molar-refractivity contribution >= 4 is 12.0 Å². The molecule has 2 fully saturated rings. The Kier molecular flexibility index (Phi) is 6.55. The highest BCUT2D eigenvalue weighted by molar-refractivity contribution is 5.98. The first-order valence-electron chi connectivity index (χ1n) is 12.2. The molecule has 35 heavy (non-hydrogen) atoms. The SMILES string of the molecule is O=C(O)N1CCN(C(=O)c2ncn([C@@H]3CCC[C@H]3O)c2-c2ccccc2)[C@H](Cc2ccccc2)C1. The smallest absolute Gasteiger partial charge is 0.407 e. The van der Waals surface area contributed by atoms with Gasteiger partial charge in [0.15, 0.2) is 5.69 Å². The molecular weight excluding hydrogens is 444 g/mol. The van der Waals surface area contributed by atoms with E-state index in [1.807, 2.05) is 65.2 Å². The lowest BCUT2D eigenvalue weighted by Crippen LogP contribution is -2.57. The maximum absolute atomic E-state index is 14.0. The van der Waals surface area contributed by atoms with Crippen molar-refractivity contribution in [2.45, 2.75) is 43.9 Å². The van der Waals surface area contributed by atoms with E-state index < -0.39 is 12.2 Å². The Morgan fingerprint density at radius 2 is 1.69 bits per heavy atom. The molecule has 3 atom stereocenters. The minimum Gasteiger partial charge on any atom is -0.465 e. The number of aliphatic hydroxyl groups is 1. The van der Waals surface area contributed by atoms with Crippen molar-refractivity contribution in [3.63, 3.8) is 0 Å². The Morgan fingerprint density at radius 1 is 0.971 bits per heavy atom. The normalized spacial score (nSPS) is 22.4. The van der Waals surface area contributed by atoms with E-state index in [9.17, 15) is 19.8 Å². The third-order valence-electron chi connectivity index (χ3n) is 7.17. The molecule has 3 aromatic rings. The number of carbonyl (C=O) groups is 2. The average Bonchev–Trinajstić information content (AvgIpc) is 3.50. The van der Waals surface area contributed by atoms with E-state index in [0.29, 0.717) is 24.4 Å². The van der Waals surface area contributed by atoms with Crippen LogP contribution in [0, 0.1) is 0 Å². The molecule has 1 aliphatic carbocycles. The number of amides is 2. The predicted molar refractivity (Wildman–Crippen MR) is 131 cm³/mol. The van der Waals surface area contributed by atoms with Crippen molar-refractivity contribution in [3.8, 4) is 11.3 Å². The van der Waals surface area contributed by atoms with Gasteiger partial charge < -0.3 is 24.6 Å². The number of piperazine rings is 1. The largest absolute Gasteiger partial charge is 0.465 e. The van der Waals surface area contributed by atoms with E-state index in [0.717, 1.165) is 30.4 Å². The number of aliphatic hydroxyl groups excluding tert-OH is 1. The van der Waals surface area contributed by atoms with Crippen LogP contribution in [0.4, 0.5) is 4.79 Å². The van der Waals surface area contributed by atoms with Gasteiger partial charge in [0.25, 0.3) is 5.91 Å². The number of carbonyl (C=O) groups excluding carboxylic acids is 1. The third-order valence-corrected chi connectivity index (χ3v) is 7.17. The van der Waals surface area contributed by atoms with Gasteiger partial charge in [-0.05, 0) is 31.2 Å². The van der Waals surface area contributed by atoms with E-state index in [1.54, 1.807) is 11.2 Å². The number of imidazole rings is 1. The Balaban J connectivity index is 1.51. The van der Waals surface area contributed by atoms with E-state index in [2.05, 4.69) is 4.98 Å². The van der Waals surface area contributed by atoms with Gasteiger partial charge in [-0.1, -0.05) is 60.7 Å². The molecule has 2 aromatic carbocycles. The molecule has 1 saturated carbocycles. The molecule has 182 valence electrons. The molecule has 0 spiro atoms. The lowest BCUT2D eigenvalue weighted by molar-refractivity contribution is 0.0447. The second-order valence-electron chi connectivity index (χ2n) is 9.35. The van der Waals surface area contributed by atoms with Crippen molar-refractivity contribution in [1.29, 1.82) is 0 Å². The monoisotopic (exact) mass is 474 g/mol. The van der Waals surface area contributed by atoms with Gasteiger partial charge in [0.1, 0.15) is 0 Å². The van der Waals surface area contributed by atoms with Crippen LogP contribution >= 0.6 is 0 Å². The van der Waals surface area contributed by atoms with Crippen LogP contribution in [0.15, 0.2) is 67.0 Å². The van der Waals surface area contributed by atoms with E-state index in [1.165, 1.54) is 4.90 Å². The number of aromatic nitrogens is 2. The van der Waals surface area contributed by atoms with Gasteiger partial charge in [-0.15, -0.1) is 0 Å². The summed E-state index contributed by atoms with van der Waals surface area (Å²) in [6.45, 7) is 0.809. The molecule has 8 nitrogen and oxygen atoms in total. The summed E-state index contributed by atoms with van der Waals surface area (Å²) < 4.78 is 1.96. The van der Waals surface area contributed by atoms with Gasteiger partial charge in [0.05, 0.1) is 30.2 Å². The summed E-state index contributed by atoms with van der Waals surface area (Å²) in [6.07, 6.45) is 3.28. The maximum atomic E-state index is 14.0. The van der Waals surface area contributed by atoms with E-state index in [-0.39, 0.29) is 31.1 Å². The van der Waals surface area contributed by atoms with E-state index >= 15 is 0 Å². The molecule has 8 heteroatoms. The molecule has 0 unspecified atom stereocenters. The van der Waals surface area contributed by atoms with Crippen LogP contribution in [0.1, 0.15) is 41.4 Å². The molecule has 1 saturated heterocycles. The molecule has 1 aliphatic heterocycles. The van der Waals surface area contributed by atoms with Gasteiger partial charge in [0.2, 0.25) is 0 Å². The first-order chi connectivity index (χ1) is 17.0. The highest BCUT2D eigenvalue weighted by Crippen LogP contribution is 2.36. The lowest BCUT2D eigenvalue weighted by Gasteiger charge is -2.40. The Hall–Kier alpha value is -3.65. The number of hydrogen-bond donors (Lipinski definition) is 2. The fraction of sp³-hybridized carbons (Fsp3) is 0.370.